The lowest BCUT2D eigenvalue weighted by Gasteiger charge is -2.18. The van der Waals surface area contributed by atoms with Crippen molar-refractivity contribution in [2.45, 2.75) is 37.5 Å². The Bertz CT molecular complexity index is 1240. The van der Waals surface area contributed by atoms with Crippen molar-refractivity contribution in [3.63, 3.8) is 0 Å². The van der Waals surface area contributed by atoms with Gasteiger partial charge in [-0.25, -0.2) is 4.98 Å². The fraction of sp³-hybridized carbons (Fsp3) is 0.200. The molecule has 0 saturated carbocycles. The smallest absolute Gasteiger partial charge is 0.237 e. The van der Waals surface area contributed by atoms with E-state index in [0.29, 0.717) is 22.6 Å². The Morgan fingerprint density at radius 2 is 1.78 bits per heavy atom. The molecule has 3 rings (SSSR count). The quantitative estimate of drug-likeness (QED) is 0.508. The maximum absolute atomic E-state index is 13.0. The predicted molar refractivity (Wildman–Crippen MR) is 128 cm³/mol. The Morgan fingerprint density at radius 3 is 2.41 bits per heavy atom. The molecule has 32 heavy (non-hydrogen) atoms. The van der Waals surface area contributed by atoms with E-state index < -0.39 is 5.25 Å². The number of benzene rings is 2. The molecular formula is C25H23N5OS. The standard InChI is InChI=1S/C25H23N5OS/c1-4-21(24(31)29-20-12-8-9-15(2)16(20)3)32-25-19(14-27)22(17-10-6-5-7-11-17)18(13-26)23(28)30-25/h5-12,21H,4H2,1-3H3,(H2,28,30)(H,29,31). The van der Waals surface area contributed by atoms with Crippen molar-refractivity contribution in [2.24, 2.45) is 0 Å². The van der Waals surface area contributed by atoms with Crippen molar-refractivity contribution < 1.29 is 4.79 Å². The SMILES string of the molecule is CCC(Sc1nc(N)c(C#N)c(-c2ccccc2)c1C#N)C(=O)Nc1cccc(C)c1C. The van der Waals surface area contributed by atoms with Crippen molar-refractivity contribution in [3.8, 4) is 23.3 Å². The number of nitriles is 2. The number of amides is 1. The van der Waals surface area contributed by atoms with Crippen LogP contribution in [0.1, 0.15) is 35.6 Å². The second-order valence-electron chi connectivity index (χ2n) is 7.27. The highest BCUT2D eigenvalue weighted by molar-refractivity contribution is 8.00. The molecule has 1 heterocycles. The lowest BCUT2D eigenvalue weighted by Crippen LogP contribution is -2.25. The van der Waals surface area contributed by atoms with Gasteiger partial charge in [-0.3, -0.25) is 4.79 Å². The molecule has 0 aliphatic heterocycles. The van der Waals surface area contributed by atoms with E-state index in [0.717, 1.165) is 16.8 Å². The number of rotatable bonds is 6. The number of carbonyl (C=O) groups excluding carboxylic acids is 1. The number of aromatic nitrogens is 1. The minimum atomic E-state index is -0.495. The maximum Gasteiger partial charge on any atom is 0.237 e. The molecule has 2 aromatic carbocycles. The first-order chi connectivity index (χ1) is 15.4. The maximum atomic E-state index is 13.0. The zero-order chi connectivity index (χ0) is 23.3. The molecule has 1 atom stereocenters. The third-order valence-corrected chi connectivity index (χ3v) is 6.61. The molecule has 0 radical (unpaired) electrons. The number of hydrogen-bond donors (Lipinski definition) is 2. The lowest BCUT2D eigenvalue weighted by atomic mass is 9.97. The molecule has 7 heteroatoms. The fourth-order valence-corrected chi connectivity index (χ4v) is 4.35. The van der Waals surface area contributed by atoms with Crippen LogP contribution in [-0.4, -0.2) is 16.1 Å². The van der Waals surface area contributed by atoms with Crippen LogP contribution in [-0.2, 0) is 4.79 Å². The summed E-state index contributed by atoms with van der Waals surface area (Å²) in [4.78, 5) is 17.4. The molecule has 160 valence electrons. The highest BCUT2D eigenvalue weighted by Gasteiger charge is 2.25. The Kier molecular flexibility index (Phi) is 7.14. The molecule has 1 aromatic heterocycles. The summed E-state index contributed by atoms with van der Waals surface area (Å²) in [5.74, 6) is -0.140. The van der Waals surface area contributed by atoms with Gasteiger partial charge in [-0.1, -0.05) is 61.2 Å². The van der Waals surface area contributed by atoms with Gasteiger partial charge in [-0.15, -0.1) is 0 Å². The molecule has 0 spiro atoms. The summed E-state index contributed by atoms with van der Waals surface area (Å²) in [6, 6.07) is 19.1. The summed E-state index contributed by atoms with van der Waals surface area (Å²) in [5, 5.41) is 22.4. The molecule has 1 unspecified atom stereocenters. The molecule has 0 aliphatic carbocycles. The van der Waals surface area contributed by atoms with E-state index in [1.807, 2.05) is 69.3 Å². The van der Waals surface area contributed by atoms with Gasteiger partial charge in [0.15, 0.2) is 0 Å². The first-order valence-corrected chi connectivity index (χ1v) is 11.0. The molecular weight excluding hydrogens is 418 g/mol. The summed E-state index contributed by atoms with van der Waals surface area (Å²) in [7, 11) is 0. The van der Waals surface area contributed by atoms with Crippen molar-refractivity contribution >= 4 is 29.2 Å². The van der Waals surface area contributed by atoms with E-state index in [1.165, 1.54) is 11.8 Å². The zero-order valence-electron chi connectivity index (χ0n) is 18.1. The van der Waals surface area contributed by atoms with Gasteiger partial charge in [0, 0.05) is 11.3 Å². The van der Waals surface area contributed by atoms with Gasteiger partial charge in [-0.2, -0.15) is 10.5 Å². The molecule has 0 bridgehead atoms. The lowest BCUT2D eigenvalue weighted by molar-refractivity contribution is -0.115. The molecule has 0 saturated heterocycles. The van der Waals surface area contributed by atoms with Gasteiger partial charge >= 0.3 is 0 Å². The molecule has 6 nitrogen and oxygen atoms in total. The highest BCUT2D eigenvalue weighted by Crippen LogP contribution is 2.37. The van der Waals surface area contributed by atoms with Gasteiger partial charge < -0.3 is 11.1 Å². The number of nitrogens with two attached hydrogens (primary N) is 1. The van der Waals surface area contributed by atoms with E-state index in [2.05, 4.69) is 22.4 Å². The molecule has 0 aliphatic rings. The Labute approximate surface area is 192 Å². The summed E-state index contributed by atoms with van der Waals surface area (Å²) < 4.78 is 0. The van der Waals surface area contributed by atoms with Gasteiger partial charge in [-0.05, 0) is 43.0 Å². The number of aryl methyl sites for hydroxylation is 1. The number of anilines is 2. The first kappa shape index (κ1) is 22.9. The summed E-state index contributed by atoms with van der Waals surface area (Å²) in [6.45, 7) is 5.85. The van der Waals surface area contributed by atoms with Crippen LogP contribution >= 0.6 is 11.8 Å². The summed E-state index contributed by atoms with van der Waals surface area (Å²) >= 11 is 1.18. The molecule has 3 N–H and O–H groups in total. The van der Waals surface area contributed by atoms with E-state index in [1.54, 1.807) is 0 Å². The van der Waals surface area contributed by atoms with Crippen molar-refractivity contribution in [1.82, 2.24) is 4.98 Å². The number of carbonyl (C=O) groups is 1. The van der Waals surface area contributed by atoms with Gasteiger partial charge in [0.2, 0.25) is 5.91 Å². The number of pyridine rings is 1. The third-order valence-electron chi connectivity index (χ3n) is 5.26. The van der Waals surface area contributed by atoms with E-state index in [9.17, 15) is 15.3 Å². The van der Waals surface area contributed by atoms with Crippen molar-refractivity contribution in [3.05, 3.63) is 70.8 Å². The van der Waals surface area contributed by atoms with Crippen molar-refractivity contribution in [1.29, 1.82) is 10.5 Å². The summed E-state index contributed by atoms with van der Waals surface area (Å²) in [5.41, 5.74) is 10.5. The van der Waals surface area contributed by atoms with Crippen LogP contribution in [0.5, 0.6) is 0 Å². The normalized spacial score (nSPS) is 11.3. The first-order valence-electron chi connectivity index (χ1n) is 10.1. The fourth-order valence-electron chi connectivity index (χ4n) is 3.33. The second-order valence-corrected chi connectivity index (χ2v) is 8.46. The zero-order valence-corrected chi connectivity index (χ0v) is 19.0. The van der Waals surface area contributed by atoms with Crippen LogP contribution in [0.2, 0.25) is 0 Å². The van der Waals surface area contributed by atoms with Gasteiger partial charge in [0.05, 0.1) is 10.8 Å². The molecule has 3 aromatic rings. The van der Waals surface area contributed by atoms with Gasteiger partial charge in [0.1, 0.15) is 28.5 Å². The van der Waals surface area contributed by atoms with Crippen LogP contribution in [0.3, 0.4) is 0 Å². The monoisotopic (exact) mass is 441 g/mol. The largest absolute Gasteiger partial charge is 0.383 e. The molecule has 1 amide bonds. The highest BCUT2D eigenvalue weighted by atomic mass is 32.2. The number of hydrogen-bond acceptors (Lipinski definition) is 6. The minimum absolute atomic E-state index is 0.0395. The second kappa shape index (κ2) is 10.00. The van der Waals surface area contributed by atoms with Crippen LogP contribution in [0, 0.1) is 36.5 Å². The average molecular weight is 442 g/mol. The van der Waals surface area contributed by atoms with Gasteiger partial charge in [0.25, 0.3) is 0 Å². The summed E-state index contributed by atoms with van der Waals surface area (Å²) in [6.07, 6.45) is 0.522. The average Bonchev–Trinajstić information content (AvgIpc) is 2.80. The molecule has 0 fully saturated rings. The minimum Gasteiger partial charge on any atom is -0.383 e. The predicted octanol–water partition coefficient (Wildman–Crippen LogP) is 5.20. The van der Waals surface area contributed by atoms with E-state index in [-0.39, 0.29) is 22.9 Å². The van der Waals surface area contributed by atoms with E-state index >= 15 is 0 Å². The van der Waals surface area contributed by atoms with Crippen LogP contribution in [0.4, 0.5) is 11.5 Å². The Balaban J connectivity index is 2.01. The Hall–Kier alpha value is -3.81. The van der Waals surface area contributed by atoms with Crippen LogP contribution in [0.15, 0.2) is 53.6 Å². The topological polar surface area (TPSA) is 116 Å². The number of nitrogens with zero attached hydrogens (tertiary/aromatic N) is 3. The van der Waals surface area contributed by atoms with E-state index in [4.69, 9.17) is 5.73 Å². The Morgan fingerprint density at radius 1 is 1.09 bits per heavy atom. The van der Waals surface area contributed by atoms with Crippen molar-refractivity contribution in [2.75, 3.05) is 11.1 Å². The van der Waals surface area contributed by atoms with Crippen LogP contribution in [0.25, 0.3) is 11.1 Å². The number of nitrogens with one attached hydrogen (secondary N) is 1. The number of thioether (sulfide) groups is 1. The number of nitrogen functional groups attached to an aromatic ring is 1. The third kappa shape index (κ3) is 4.59. The van der Waals surface area contributed by atoms with Crippen LogP contribution < -0.4 is 11.1 Å².